The molecule has 0 fully saturated rings. The van der Waals surface area contributed by atoms with E-state index in [9.17, 15) is 0 Å². The summed E-state index contributed by atoms with van der Waals surface area (Å²) in [6, 6.07) is 0. The highest BCUT2D eigenvalue weighted by molar-refractivity contribution is 7.79. The van der Waals surface area contributed by atoms with Gasteiger partial charge in [-0.15, -0.1) is 0 Å². The molecule has 2 rings (SSSR count). The molecule has 2 heterocycles. The molecule has 4 N–H and O–H groups in total. The molecule has 0 aliphatic carbocycles. The minimum atomic E-state index is -4.67. The summed E-state index contributed by atoms with van der Waals surface area (Å²) in [6.07, 6.45) is 0. The van der Waals surface area contributed by atoms with Crippen LogP contribution in [-0.2, 0) is 10.4 Å². The molecule has 10 nitrogen and oxygen atoms in total. The van der Waals surface area contributed by atoms with Gasteiger partial charge in [0.15, 0.2) is 0 Å². The zero-order valence-corrected chi connectivity index (χ0v) is 14.6. The van der Waals surface area contributed by atoms with Crippen LogP contribution in [0.1, 0.15) is 27.7 Å². The first-order chi connectivity index (χ1) is 10.4. The predicted molar refractivity (Wildman–Crippen MR) is 87.8 cm³/mol. The van der Waals surface area contributed by atoms with Crippen molar-refractivity contribution in [3.63, 3.8) is 0 Å². The fraction of sp³-hybridized carbons (Fsp3) is 0.833. The number of hydrogen-bond donors (Lipinski definition) is 4. The van der Waals surface area contributed by atoms with Crippen LogP contribution in [0.3, 0.4) is 0 Å². The molecule has 2 aliphatic rings. The van der Waals surface area contributed by atoms with Gasteiger partial charge in [-0.25, -0.2) is 0 Å². The first-order valence-electron chi connectivity index (χ1n) is 7.13. The zero-order chi connectivity index (χ0) is 17.7. The SMILES string of the molecule is CC(C)(/N=N/C(C)(C)C1=NCCN1)C1=NCCN1.O=S(=O)(O)O. The van der Waals surface area contributed by atoms with Gasteiger partial charge in [0.2, 0.25) is 0 Å². The van der Waals surface area contributed by atoms with Crippen LogP contribution in [-0.4, -0.2) is 66.5 Å². The van der Waals surface area contributed by atoms with Crippen LogP contribution in [0.5, 0.6) is 0 Å². The van der Waals surface area contributed by atoms with Gasteiger partial charge in [0.25, 0.3) is 0 Å². The molecule has 11 heteroatoms. The third-order valence-corrected chi connectivity index (χ3v) is 3.06. The summed E-state index contributed by atoms with van der Waals surface area (Å²) in [6.45, 7) is 11.5. The molecule has 0 aromatic heterocycles. The van der Waals surface area contributed by atoms with E-state index in [0.717, 1.165) is 37.9 Å². The quantitative estimate of drug-likeness (QED) is 0.425. The second-order valence-corrected chi connectivity index (χ2v) is 6.98. The van der Waals surface area contributed by atoms with Crippen molar-refractivity contribution in [1.82, 2.24) is 10.6 Å². The Hall–Kier alpha value is -1.59. The van der Waals surface area contributed by atoms with E-state index in [1.807, 2.05) is 27.7 Å². The minimum Gasteiger partial charge on any atom is -0.370 e. The third kappa shape index (κ3) is 7.01. The Kier molecular flexibility index (Phi) is 6.19. The molecular formula is C12H24N6O4S. The third-order valence-electron chi connectivity index (χ3n) is 3.06. The largest absolute Gasteiger partial charge is 0.394 e. The van der Waals surface area contributed by atoms with Crippen LogP contribution < -0.4 is 10.6 Å². The summed E-state index contributed by atoms with van der Waals surface area (Å²) in [7, 11) is -4.67. The predicted octanol–water partition coefficient (Wildman–Crippen LogP) is 0.346. The van der Waals surface area contributed by atoms with Gasteiger partial charge in [0.05, 0.1) is 13.1 Å². The lowest BCUT2D eigenvalue weighted by molar-refractivity contribution is 0.381. The second-order valence-electron chi connectivity index (χ2n) is 6.08. The number of nitrogens with one attached hydrogen (secondary N) is 2. The summed E-state index contributed by atoms with van der Waals surface area (Å²) in [4.78, 5) is 8.82. The van der Waals surface area contributed by atoms with Crippen LogP contribution in [0.15, 0.2) is 20.2 Å². The molecule has 0 saturated carbocycles. The van der Waals surface area contributed by atoms with Crippen molar-refractivity contribution in [1.29, 1.82) is 0 Å². The van der Waals surface area contributed by atoms with Gasteiger partial charge < -0.3 is 10.6 Å². The lowest BCUT2D eigenvalue weighted by Gasteiger charge is -2.23. The van der Waals surface area contributed by atoms with Crippen molar-refractivity contribution in [2.45, 2.75) is 38.8 Å². The van der Waals surface area contributed by atoms with E-state index in [2.05, 4.69) is 30.8 Å². The number of hydrogen-bond acceptors (Lipinski definition) is 8. The Morgan fingerprint density at radius 2 is 1.22 bits per heavy atom. The van der Waals surface area contributed by atoms with E-state index in [-0.39, 0.29) is 0 Å². The van der Waals surface area contributed by atoms with Gasteiger partial charge in [-0.2, -0.15) is 18.6 Å². The Labute approximate surface area is 136 Å². The minimum absolute atomic E-state index is 0.396. The second kappa shape index (κ2) is 7.32. The Bertz CT molecular complexity index is 563. The molecule has 0 saturated heterocycles. The normalized spacial score (nSPS) is 18.7. The number of rotatable bonds is 4. The zero-order valence-electron chi connectivity index (χ0n) is 13.7. The molecule has 0 atom stereocenters. The maximum atomic E-state index is 8.74. The maximum absolute atomic E-state index is 8.74. The average molecular weight is 348 g/mol. The van der Waals surface area contributed by atoms with E-state index >= 15 is 0 Å². The van der Waals surface area contributed by atoms with Crippen molar-refractivity contribution in [3.8, 4) is 0 Å². The Balaban J connectivity index is 0.000000463. The van der Waals surface area contributed by atoms with Crippen molar-refractivity contribution >= 4 is 22.1 Å². The topological polar surface area (TPSA) is 148 Å². The van der Waals surface area contributed by atoms with E-state index in [4.69, 9.17) is 17.5 Å². The van der Waals surface area contributed by atoms with Gasteiger partial charge in [0.1, 0.15) is 22.7 Å². The first kappa shape index (κ1) is 19.5. The summed E-state index contributed by atoms with van der Waals surface area (Å²) >= 11 is 0. The summed E-state index contributed by atoms with van der Waals surface area (Å²) in [5.74, 6) is 1.84. The van der Waals surface area contributed by atoms with E-state index in [1.165, 1.54) is 0 Å². The van der Waals surface area contributed by atoms with E-state index < -0.39 is 21.5 Å². The Morgan fingerprint density at radius 1 is 0.913 bits per heavy atom. The lowest BCUT2D eigenvalue weighted by Crippen LogP contribution is -2.41. The van der Waals surface area contributed by atoms with Crippen molar-refractivity contribution in [2.75, 3.05) is 26.2 Å². The fourth-order valence-corrected chi connectivity index (χ4v) is 1.96. The highest BCUT2D eigenvalue weighted by atomic mass is 32.3. The molecule has 2 aliphatic heterocycles. The highest BCUT2D eigenvalue weighted by Crippen LogP contribution is 2.19. The van der Waals surface area contributed by atoms with E-state index in [0.29, 0.717) is 0 Å². The summed E-state index contributed by atoms with van der Waals surface area (Å²) < 4.78 is 31.6. The fourth-order valence-electron chi connectivity index (χ4n) is 1.96. The summed E-state index contributed by atoms with van der Waals surface area (Å²) in [5, 5.41) is 15.4. The molecule has 0 radical (unpaired) electrons. The average Bonchev–Trinajstić information content (AvgIpc) is 3.07. The highest BCUT2D eigenvalue weighted by Gasteiger charge is 2.31. The molecule has 0 spiro atoms. The standard InChI is InChI=1S/C12H22N6.H2O4S/c1-11(2,9-13-5-6-14-9)17-18-12(3,4)10-15-7-8-16-10;1-5(2,3)4/h5-8H2,1-4H3,(H,13,14)(H,15,16);(H2,1,2,3,4)/b18-17+;. The first-order valence-corrected chi connectivity index (χ1v) is 8.53. The van der Waals surface area contributed by atoms with Crippen LogP contribution >= 0.6 is 0 Å². The molecule has 132 valence electrons. The van der Waals surface area contributed by atoms with Gasteiger partial charge in [-0.05, 0) is 27.7 Å². The lowest BCUT2D eigenvalue weighted by atomic mass is 10.0. The summed E-state index contributed by atoms with van der Waals surface area (Å²) in [5.41, 5.74) is -0.792. The molecule has 0 aromatic rings. The number of amidine groups is 2. The van der Waals surface area contributed by atoms with Crippen LogP contribution in [0.25, 0.3) is 0 Å². The number of nitrogens with zero attached hydrogens (tertiary/aromatic N) is 4. The molecule has 0 amide bonds. The molecule has 0 unspecified atom stereocenters. The molecule has 23 heavy (non-hydrogen) atoms. The number of azo groups is 1. The van der Waals surface area contributed by atoms with Gasteiger partial charge >= 0.3 is 10.4 Å². The smallest absolute Gasteiger partial charge is 0.370 e. The van der Waals surface area contributed by atoms with Crippen molar-refractivity contribution in [2.24, 2.45) is 20.2 Å². The van der Waals surface area contributed by atoms with Crippen LogP contribution in [0, 0.1) is 0 Å². The van der Waals surface area contributed by atoms with Gasteiger partial charge in [-0.3, -0.25) is 19.1 Å². The molecule has 0 aromatic carbocycles. The maximum Gasteiger partial charge on any atom is 0.394 e. The number of aliphatic imine (C=N–C) groups is 2. The molecular weight excluding hydrogens is 324 g/mol. The Morgan fingerprint density at radius 3 is 1.43 bits per heavy atom. The van der Waals surface area contributed by atoms with Crippen molar-refractivity contribution < 1.29 is 17.5 Å². The molecule has 0 bridgehead atoms. The van der Waals surface area contributed by atoms with Gasteiger partial charge in [-0.1, -0.05) is 0 Å². The van der Waals surface area contributed by atoms with Crippen LogP contribution in [0.4, 0.5) is 0 Å². The van der Waals surface area contributed by atoms with E-state index in [1.54, 1.807) is 0 Å². The monoisotopic (exact) mass is 348 g/mol. The van der Waals surface area contributed by atoms with Crippen LogP contribution in [0.2, 0.25) is 0 Å². The van der Waals surface area contributed by atoms with Gasteiger partial charge in [0, 0.05) is 13.1 Å². The van der Waals surface area contributed by atoms with Crippen molar-refractivity contribution in [3.05, 3.63) is 0 Å².